The number of thiophene rings is 1. The summed E-state index contributed by atoms with van der Waals surface area (Å²) in [5.41, 5.74) is 4.37. The molecule has 0 saturated carbocycles. The van der Waals surface area contributed by atoms with Gasteiger partial charge in [-0.2, -0.15) is 0 Å². The van der Waals surface area contributed by atoms with Crippen LogP contribution in [0.4, 0.5) is 10.7 Å². The summed E-state index contributed by atoms with van der Waals surface area (Å²) in [6, 6.07) is 12.2. The van der Waals surface area contributed by atoms with E-state index in [1.807, 2.05) is 18.3 Å². The van der Waals surface area contributed by atoms with Gasteiger partial charge < -0.3 is 19.4 Å². The molecule has 3 heterocycles. The average molecular weight is 506 g/mol. The standard InChI is InChI=1S/C29H35N3O3S/c1-29(2,3)21-8-11-24-25(17-21)36-28(26(24)27(33)30-19-23-5-4-14-35-23)31-18-20-6-9-22(10-7-20)32-12-15-34-16-13-32/h4-7,9-10,14,18,21H,8,11-13,15-17,19H2,1-3H3,(H,30,33)/t21-/m0/s1. The maximum atomic E-state index is 13.4. The van der Waals surface area contributed by atoms with Crippen LogP contribution in [-0.4, -0.2) is 38.4 Å². The van der Waals surface area contributed by atoms with Gasteiger partial charge in [0.05, 0.1) is 31.6 Å². The number of morpholine rings is 1. The molecular weight excluding hydrogens is 470 g/mol. The SMILES string of the molecule is CC(C)(C)[C@H]1CCc2c(sc(N=Cc3ccc(N4CCOCC4)cc3)c2C(=O)NCc2ccco2)C1. The van der Waals surface area contributed by atoms with E-state index in [4.69, 9.17) is 14.1 Å². The monoisotopic (exact) mass is 505 g/mol. The Morgan fingerprint density at radius 2 is 1.97 bits per heavy atom. The van der Waals surface area contributed by atoms with Crippen LogP contribution in [0.2, 0.25) is 0 Å². The third-order valence-electron chi connectivity index (χ3n) is 7.30. The van der Waals surface area contributed by atoms with Crippen LogP contribution in [-0.2, 0) is 24.1 Å². The van der Waals surface area contributed by atoms with E-state index in [0.717, 1.165) is 67.5 Å². The van der Waals surface area contributed by atoms with Crippen molar-refractivity contribution in [3.63, 3.8) is 0 Å². The van der Waals surface area contributed by atoms with Crippen LogP contribution in [0.25, 0.3) is 0 Å². The number of nitrogens with zero attached hydrogens (tertiary/aromatic N) is 2. The lowest BCUT2D eigenvalue weighted by Crippen LogP contribution is -2.36. The van der Waals surface area contributed by atoms with Gasteiger partial charge in [-0.3, -0.25) is 4.79 Å². The van der Waals surface area contributed by atoms with Crippen LogP contribution in [0.3, 0.4) is 0 Å². The van der Waals surface area contributed by atoms with Gasteiger partial charge in [0.1, 0.15) is 10.8 Å². The molecule has 5 rings (SSSR count). The maximum Gasteiger partial charge on any atom is 0.255 e. The molecule has 6 nitrogen and oxygen atoms in total. The van der Waals surface area contributed by atoms with Crippen LogP contribution in [0.5, 0.6) is 0 Å². The third kappa shape index (κ3) is 5.57. The fraction of sp³-hybridized carbons (Fsp3) is 0.448. The van der Waals surface area contributed by atoms with E-state index >= 15 is 0 Å². The average Bonchev–Trinajstić information content (AvgIpc) is 3.53. The topological polar surface area (TPSA) is 67.1 Å². The molecule has 1 atom stereocenters. The molecule has 2 aromatic heterocycles. The van der Waals surface area contributed by atoms with Crippen molar-refractivity contribution in [2.75, 3.05) is 31.2 Å². The van der Waals surface area contributed by atoms with E-state index in [1.165, 1.54) is 16.1 Å². The Hall–Kier alpha value is -2.90. The summed E-state index contributed by atoms with van der Waals surface area (Å²) in [6.07, 6.45) is 6.52. The summed E-state index contributed by atoms with van der Waals surface area (Å²) in [5.74, 6) is 1.27. The van der Waals surface area contributed by atoms with Crippen LogP contribution < -0.4 is 10.2 Å². The third-order valence-corrected chi connectivity index (χ3v) is 8.46. The van der Waals surface area contributed by atoms with Gasteiger partial charge >= 0.3 is 0 Å². The second kappa shape index (κ2) is 10.6. The van der Waals surface area contributed by atoms with Crippen molar-refractivity contribution in [3.8, 4) is 0 Å². The highest BCUT2D eigenvalue weighted by Crippen LogP contribution is 2.45. The first-order chi connectivity index (χ1) is 17.4. The number of nitrogens with one attached hydrogen (secondary N) is 1. The summed E-state index contributed by atoms with van der Waals surface area (Å²) in [5, 5.41) is 3.84. The number of aliphatic imine (C=N–C) groups is 1. The molecule has 1 fully saturated rings. The predicted molar refractivity (Wildman–Crippen MR) is 146 cm³/mol. The minimum absolute atomic E-state index is 0.0760. The number of carbonyl (C=O) groups is 1. The van der Waals surface area contributed by atoms with E-state index < -0.39 is 0 Å². The minimum Gasteiger partial charge on any atom is -0.467 e. The van der Waals surface area contributed by atoms with E-state index in [-0.39, 0.29) is 11.3 Å². The lowest BCUT2D eigenvalue weighted by atomic mass is 9.72. The first-order valence-electron chi connectivity index (χ1n) is 12.8. The molecule has 1 aliphatic carbocycles. The summed E-state index contributed by atoms with van der Waals surface area (Å²) >= 11 is 1.67. The predicted octanol–water partition coefficient (Wildman–Crippen LogP) is 6.01. The molecule has 2 aliphatic rings. The van der Waals surface area contributed by atoms with Crippen molar-refractivity contribution in [1.29, 1.82) is 0 Å². The number of ether oxygens (including phenoxy) is 1. The Labute approximate surface area is 217 Å². The zero-order chi connectivity index (χ0) is 25.1. The number of carbonyl (C=O) groups excluding carboxylic acids is 1. The molecule has 0 bridgehead atoms. The number of amides is 1. The highest BCUT2D eigenvalue weighted by atomic mass is 32.1. The molecule has 1 aromatic carbocycles. The molecule has 1 N–H and O–H groups in total. The number of benzene rings is 1. The highest BCUT2D eigenvalue weighted by Gasteiger charge is 2.33. The van der Waals surface area contributed by atoms with Crippen LogP contribution in [0, 0.1) is 11.3 Å². The molecule has 190 valence electrons. The second-order valence-corrected chi connectivity index (χ2v) is 11.8. The molecule has 1 saturated heterocycles. The van der Waals surface area contributed by atoms with Gasteiger partial charge in [0.25, 0.3) is 5.91 Å². The van der Waals surface area contributed by atoms with Gasteiger partial charge in [-0.25, -0.2) is 4.99 Å². The lowest BCUT2D eigenvalue weighted by Gasteiger charge is -2.33. The molecule has 0 radical (unpaired) electrons. The zero-order valence-corrected chi connectivity index (χ0v) is 22.2. The largest absolute Gasteiger partial charge is 0.467 e. The number of fused-ring (bicyclic) bond motifs is 1. The van der Waals surface area contributed by atoms with Crippen molar-refractivity contribution < 1.29 is 13.9 Å². The Bertz CT molecular complexity index is 1200. The highest BCUT2D eigenvalue weighted by molar-refractivity contribution is 7.16. The van der Waals surface area contributed by atoms with E-state index in [0.29, 0.717) is 12.5 Å². The number of anilines is 1. The molecule has 1 amide bonds. The maximum absolute atomic E-state index is 13.4. The van der Waals surface area contributed by atoms with Crippen molar-refractivity contribution in [3.05, 3.63) is 70.0 Å². The van der Waals surface area contributed by atoms with E-state index in [1.54, 1.807) is 17.6 Å². The second-order valence-electron chi connectivity index (χ2n) is 10.7. The van der Waals surface area contributed by atoms with Crippen molar-refractivity contribution in [2.24, 2.45) is 16.3 Å². The van der Waals surface area contributed by atoms with Gasteiger partial charge in [-0.1, -0.05) is 32.9 Å². The number of hydrogen-bond donors (Lipinski definition) is 1. The van der Waals surface area contributed by atoms with Gasteiger partial charge in [0.15, 0.2) is 0 Å². The molecule has 0 spiro atoms. The summed E-state index contributed by atoms with van der Waals surface area (Å²) in [4.78, 5) is 21.9. The number of hydrogen-bond acceptors (Lipinski definition) is 6. The normalized spacial score (nSPS) is 18.4. The summed E-state index contributed by atoms with van der Waals surface area (Å²) < 4.78 is 10.9. The van der Waals surface area contributed by atoms with Gasteiger partial charge in [0, 0.05) is 29.9 Å². The molecule has 1 aliphatic heterocycles. The lowest BCUT2D eigenvalue weighted by molar-refractivity contribution is 0.0947. The van der Waals surface area contributed by atoms with Crippen molar-refractivity contribution in [2.45, 2.75) is 46.6 Å². The van der Waals surface area contributed by atoms with Crippen LogP contribution >= 0.6 is 11.3 Å². The smallest absolute Gasteiger partial charge is 0.255 e. The van der Waals surface area contributed by atoms with Crippen molar-refractivity contribution in [1.82, 2.24) is 5.32 Å². The Morgan fingerprint density at radius 1 is 1.19 bits per heavy atom. The number of furan rings is 1. The van der Waals surface area contributed by atoms with Gasteiger partial charge in [-0.15, -0.1) is 11.3 Å². The minimum atomic E-state index is -0.0760. The Balaban J connectivity index is 1.38. The quantitative estimate of drug-likeness (QED) is 0.417. The molecule has 0 unspecified atom stereocenters. The Kier molecular flexibility index (Phi) is 7.30. The first-order valence-corrected chi connectivity index (χ1v) is 13.6. The fourth-order valence-electron chi connectivity index (χ4n) is 5.03. The van der Waals surface area contributed by atoms with Crippen molar-refractivity contribution >= 4 is 34.1 Å². The molecular formula is C29H35N3O3S. The summed E-state index contributed by atoms with van der Waals surface area (Å²) in [6.45, 7) is 10.7. The van der Waals surface area contributed by atoms with E-state index in [2.05, 4.69) is 55.3 Å². The molecule has 3 aromatic rings. The molecule has 36 heavy (non-hydrogen) atoms. The van der Waals surface area contributed by atoms with Gasteiger partial charge in [-0.05, 0) is 66.0 Å². The summed E-state index contributed by atoms with van der Waals surface area (Å²) in [7, 11) is 0. The van der Waals surface area contributed by atoms with Crippen LogP contribution in [0.1, 0.15) is 59.3 Å². The van der Waals surface area contributed by atoms with Gasteiger partial charge in [0.2, 0.25) is 0 Å². The number of rotatable bonds is 6. The van der Waals surface area contributed by atoms with E-state index in [9.17, 15) is 4.79 Å². The molecule has 7 heteroatoms. The van der Waals surface area contributed by atoms with Crippen LogP contribution in [0.15, 0.2) is 52.1 Å². The first kappa shape index (κ1) is 24.8. The zero-order valence-electron chi connectivity index (χ0n) is 21.4. The Morgan fingerprint density at radius 3 is 2.67 bits per heavy atom. The fourth-order valence-corrected chi connectivity index (χ4v) is 6.30.